The Labute approximate surface area is 176 Å². The summed E-state index contributed by atoms with van der Waals surface area (Å²) in [6, 6.07) is 13.5. The highest BCUT2D eigenvalue weighted by atomic mass is 35.5. The zero-order valence-electron chi connectivity index (χ0n) is 15.9. The van der Waals surface area contributed by atoms with Crippen molar-refractivity contribution in [3.8, 4) is 16.9 Å². The Morgan fingerprint density at radius 1 is 1.03 bits per heavy atom. The molecule has 1 fully saturated rings. The molecular weight excluding hydrogens is 407 g/mol. The largest absolute Gasteiger partial charge is 0.383 e. The van der Waals surface area contributed by atoms with E-state index in [1.165, 1.54) is 16.8 Å². The molecule has 9 heteroatoms. The van der Waals surface area contributed by atoms with E-state index in [0.717, 1.165) is 5.56 Å². The van der Waals surface area contributed by atoms with Gasteiger partial charge in [0, 0.05) is 23.7 Å². The first-order valence-electron chi connectivity index (χ1n) is 9.51. The van der Waals surface area contributed by atoms with Gasteiger partial charge in [0.15, 0.2) is 5.65 Å². The Morgan fingerprint density at radius 3 is 2.60 bits per heavy atom. The molecule has 3 heterocycles. The number of fused-ring (bicyclic) bond motifs is 1. The van der Waals surface area contributed by atoms with Gasteiger partial charge < -0.3 is 15.4 Å². The maximum Gasteiger partial charge on any atom is 0.228 e. The summed E-state index contributed by atoms with van der Waals surface area (Å²) in [7, 11) is 0. The van der Waals surface area contributed by atoms with Gasteiger partial charge in [-0.15, -0.1) is 5.10 Å². The zero-order chi connectivity index (χ0) is 20.7. The van der Waals surface area contributed by atoms with Crippen molar-refractivity contribution in [1.29, 1.82) is 0 Å². The summed E-state index contributed by atoms with van der Waals surface area (Å²) in [4.78, 5) is 11.5. The molecule has 1 saturated heterocycles. The molecule has 0 amide bonds. The maximum absolute atomic E-state index is 13.8. The second-order valence-corrected chi connectivity index (χ2v) is 7.39. The van der Waals surface area contributed by atoms with Crippen LogP contribution >= 0.6 is 11.6 Å². The zero-order valence-corrected chi connectivity index (χ0v) is 16.7. The SMILES string of the molecule is Nc1c2c(-c3cccc(Cl)c3)nc(N3CCOCC3)nc2nn1-c1cccc(F)c1. The topological polar surface area (TPSA) is 82.1 Å². The summed E-state index contributed by atoms with van der Waals surface area (Å²) in [5.74, 6) is 0.505. The lowest BCUT2D eigenvalue weighted by Crippen LogP contribution is -2.37. The van der Waals surface area contributed by atoms with E-state index < -0.39 is 0 Å². The molecule has 152 valence electrons. The van der Waals surface area contributed by atoms with Crippen LogP contribution in [0.2, 0.25) is 5.02 Å². The fraction of sp³-hybridized carbons (Fsp3) is 0.190. The van der Waals surface area contributed by atoms with Gasteiger partial charge in [-0.25, -0.2) is 14.1 Å². The smallest absolute Gasteiger partial charge is 0.228 e. The number of hydrogen-bond acceptors (Lipinski definition) is 6. The number of anilines is 2. The van der Waals surface area contributed by atoms with E-state index in [1.807, 2.05) is 23.1 Å². The first-order valence-corrected chi connectivity index (χ1v) is 9.89. The number of aromatic nitrogens is 4. The molecule has 30 heavy (non-hydrogen) atoms. The number of benzene rings is 2. The maximum atomic E-state index is 13.8. The third-order valence-corrected chi connectivity index (χ3v) is 5.24. The van der Waals surface area contributed by atoms with Crippen LogP contribution in [0.4, 0.5) is 16.2 Å². The minimum absolute atomic E-state index is 0.333. The third-order valence-electron chi connectivity index (χ3n) is 5.00. The van der Waals surface area contributed by atoms with Crippen LogP contribution in [0.1, 0.15) is 0 Å². The highest BCUT2D eigenvalue weighted by Gasteiger charge is 2.22. The van der Waals surface area contributed by atoms with E-state index in [9.17, 15) is 4.39 Å². The molecule has 0 saturated carbocycles. The molecule has 5 rings (SSSR count). The monoisotopic (exact) mass is 424 g/mol. The van der Waals surface area contributed by atoms with Crippen molar-refractivity contribution in [3.05, 3.63) is 59.4 Å². The van der Waals surface area contributed by atoms with Gasteiger partial charge in [0.05, 0.1) is 30.0 Å². The number of hydrogen-bond donors (Lipinski definition) is 1. The summed E-state index contributed by atoms with van der Waals surface area (Å²) in [5, 5.41) is 5.75. The second-order valence-electron chi connectivity index (χ2n) is 6.96. The number of nitrogens with two attached hydrogens (primary N) is 1. The Hall–Kier alpha value is -3.23. The minimum atomic E-state index is -0.374. The molecule has 0 spiro atoms. The average Bonchev–Trinajstić information content (AvgIpc) is 3.10. The van der Waals surface area contributed by atoms with Crippen molar-refractivity contribution in [1.82, 2.24) is 19.7 Å². The Kier molecular flexibility index (Phi) is 4.72. The molecule has 7 nitrogen and oxygen atoms in total. The van der Waals surface area contributed by atoms with Crippen LogP contribution in [0.15, 0.2) is 48.5 Å². The van der Waals surface area contributed by atoms with Gasteiger partial charge in [0.2, 0.25) is 5.95 Å². The van der Waals surface area contributed by atoms with Gasteiger partial charge in [-0.1, -0.05) is 29.8 Å². The molecule has 1 aliphatic rings. The lowest BCUT2D eigenvalue weighted by molar-refractivity contribution is 0.122. The van der Waals surface area contributed by atoms with Gasteiger partial charge in [0.1, 0.15) is 11.6 Å². The fourth-order valence-corrected chi connectivity index (χ4v) is 3.74. The fourth-order valence-electron chi connectivity index (χ4n) is 3.55. The third kappa shape index (κ3) is 3.34. The summed E-state index contributed by atoms with van der Waals surface area (Å²) in [6.07, 6.45) is 0. The summed E-state index contributed by atoms with van der Waals surface area (Å²) < 4.78 is 20.7. The molecule has 0 aliphatic carbocycles. The first-order chi connectivity index (χ1) is 14.6. The lowest BCUT2D eigenvalue weighted by Gasteiger charge is -2.27. The van der Waals surface area contributed by atoms with E-state index in [4.69, 9.17) is 27.1 Å². The molecule has 0 atom stereocenters. The van der Waals surface area contributed by atoms with Gasteiger partial charge in [-0.2, -0.15) is 4.98 Å². The quantitative estimate of drug-likeness (QED) is 0.540. The highest BCUT2D eigenvalue weighted by molar-refractivity contribution is 6.30. The van der Waals surface area contributed by atoms with Crippen molar-refractivity contribution in [2.45, 2.75) is 0 Å². The molecule has 4 aromatic rings. The minimum Gasteiger partial charge on any atom is -0.383 e. The van der Waals surface area contributed by atoms with Gasteiger partial charge >= 0.3 is 0 Å². The number of nitrogen functional groups attached to an aromatic ring is 1. The Balaban J connectivity index is 1.76. The number of rotatable bonds is 3. The molecule has 0 bridgehead atoms. The van der Waals surface area contributed by atoms with Crippen LogP contribution < -0.4 is 10.6 Å². The van der Waals surface area contributed by atoms with Crippen molar-refractivity contribution < 1.29 is 9.13 Å². The molecule has 0 unspecified atom stereocenters. The van der Waals surface area contributed by atoms with E-state index in [1.54, 1.807) is 18.2 Å². The molecule has 2 aromatic carbocycles. The summed E-state index contributed by atoms with van der Waals surface area (Å²) in [5.41, 5.74) is 8.83. The standard InChI is InChI=1S/C21H18ClFN6O/c22-14-4-1-3-13(11-14)18-17-19(24)29(16-6-2-5-15(23)12-16)27-20(17)26-21(25-18)28-7-9-30-10-8-28/h1-6,11-12H,7-10,24H2. The normalized spacial score (nSPS) is 14.4. The van der Waals surface area contributed by atoms with E-state index in [-0.39, 0.29) is 5.82 Å². The van der Waals surface area contributed by atoms with Crippen molar-refractivity contribution in [2.24, 2.45) is 0 Å². The summed E-state index contributed by atoms with van der Waals surface area (Å²) >= 11 is 6.23. The van der Waals surface area contributed by atoms with Crippen molar-refractivity contribution >= 4 is 34.4 Å². The van der Waals surface area contributed by atoms with Crippen LogP contribution in [0, 0.1) is 5.82 Å². The van der Waals surface area contributed by atoms with Gasteiger partial charge in [0.25, 0.3) is 0 Å². The van der Waals surface area contributed by atoms with Crippen LogP contribution in [-0.4, -0.2) is 46.1 Å². The molecule has 2 N–H and O–H groups in total. The Bertz CT molecular complexity index is 1240. The van der Waals surface area contributed by atoms with E-state index in [2.05, 4.69) is 10.1 Å². The average molecular weight is 425 g/mol. The van der Waals surface area contributed by atoms with Crippen LogP contribution in [0.3, 0.4) is 0 Å². The van der Waals surface area contributed by atoms with Crippen LogP contribution in [0.5, 0.6) is 0 Å². The number of nitrogens with zero attached hydrogens (tertiary/aromatic N) is 5. The molecular formula is C21H18ClFN6O. The number of ether oxygens (including phenoxy) is 1. The van der Waals surface area contributed by atoms with E-state index in [0.29, 0.717) is 65.5 Å². The predicted molar refractivity (Wildman–Crippen MR) is 115 cm³/mol. The predicted octanol–water partition coefficient (Wildman–Crippen LogP) is 3.69. The van der Waals surface area contributed by atoms with Crippen molar-refractivity contribution in [2.75, 3.05) is 36.9 Å². The molecule has 0 radical (unpaired) electrons. The second kappa shape index (κ2) is 7.55. The lowest BCUT2D eigenvalue weighted by atomic mass is 10.1. The van der Waals surface area contributed by atoms with E-state index >= 15 is 0 Å². The molecule has 1 aliphatic heterocycles. The van der Waals surface area contributed by atoms with Gasteiger partial charge in [-0.05, 0) is 30.3 Å². The number of morpholine rings is 1. The molecule has 2 aromatic heterocycles. The highest BCUT2D eigenvalue weighted by Crippen LogP contribution is 2.34. The number of halogens is 2. The van der Waals surface area contributed by atoms with Gasteiger partial charge in [-0.3, -0.25) is 0 Å². The summed E-state index contributed by atoms with van der Waals surface area (Å²) in [6.45, 7) is 2.57. The van der Waals surface area contributed by atoms with Crippen LogP contribution in [-0.2, 0) is 4.74 Å². The Morgan fingerprint density at radius 2 is 1.83 bits per heavy atom. The van der Waals surface area contributed by atoms with Crippen molar-refractivity contribution in [3.63, 3.8) is 0 Å². The van der Waals surface area contributed by atoms with Crippen LogP contribution in [0.25, 0.3) is 28.0 Å². The first kappa shape index (κ1) is 18.8.